The van der Waals surface area contributed by atoms with E-state index in [-0.39, 0.29) is 6.04 Å². The Bertz CT molecular complexity index is 609. The average molecular weight is 251 g/mol. The number of piperazine rings is 1. The summed E-state index contributed by atoms with van der Waals surface area (Å²) in [5, 5.41) is 15.1. The highest BCUT2D eigenvalue weighted by Gasteiger charge is 2.21. The first-order valence-electron chi connectivity index (χ1n) is 6.69. The minimum atomic E-state index is -0.0206. The van der Waals surface area contributed by atoms with E-state index < -0.39 is 0 Å². The highest BCUT2D eigenvalue weighted by Crippen LogP contribution is 2.21. The molecule has 3 rings (SSSR count). The van der Waals surface area contributed by atoms with E-state index in [0.717, 1.165) is 26.2 Å². The van der Waals surface area contributed by atoms with Gasteiger partial charge in [0.15, 0.2) is 0 Å². The summed E-state index contributed by atoms with van der Waals surface area (Å²) in [7, 11) is 0. The van der Waals surface area contributed by atoms with Gasteiger partial charge in [0.25, 0.3) is 0 Å². The van der Waals surface area contributed by atoms with E-state index in [4.69, 9.17) is 0 Å². The van der Waals surface area contributed by atoms with Gasteiger partial charge in [0.2, 0.25) is 0 Å². The topological polar surface area (TPSA) is 39.1 Å². The summed E-state index contributed by atoms with van der Waals surface area (Å²) in [6.07, 6.45) is 0. The van der Waals surface area contributed by atoms with Gasteiger partial charge >= 0.3 is 0 Å². The van der Waals surface area contributed by atoms with Crippen molar-refractivity contribution in [3.8, 4) is 6.07 Å². The van der Waals surface area contributed by atoms with Crippen LogP contribution in [0.15, 0.2) is 42.5 Å². The Morgan fingerprint density at radius 2 is 2.05 bits per heavy atom. The van der Waals surface area contributed by atoms with Crippen molar-refractivity contribution < 1.29 is 0 Å². The molecule has 1 atom stereocenters. The zero-order valence-corrected chi connectivity index (χ0v) is 10.8. The highest BCUT2D eigenvalue weighted by molar-refractivity contribution is 5.85. The molecule has 1 saturated heterocycles. The number of nitriles is 1. The second-order valence-electron chi connectivity index (χ2n) is 4.96. The fourth-order valence-corrected chi connectivity index (χ4v) is 2.71. The predicted molar refractivity (Wildman–Crippen MR) is 76.6 cm³/mol. The Morgan fingerprint density at radius 1 is 1.21 bits per heavy atom. The van der Waals surface area contributed by atoms with Crippen LogP contribution < -0.4 is 5.32 Å². The number of nitrogens with zero attached hydrogens (tertiary/aromatic N) is 2. The van der Waals surface area contributed by atoms with Crippen LogP contribution in [0.2, 0.25) is 0 Å². The number of hydrogen-bond acceptors (Lipinski definition) is 3. The van der Waals surface area contributed by atoms with Crippen LogP contribution in [0.3, 0.4) is 0 Å². The van der Waals surface area contributed by atoms with Gasteiger partial charge in [-0.2, -0.15) is 5.26 Å². The van der Waals surface area contributed by atoms with Crippen LogP contribution in [0.1, 0.15) is 5.56 Å². The van der Waals surface area contributed by atoms with Crippen LogP contribution >= 0.6 is 0 Å². The summed E-state index contributed by atoms with van der Waals surface area (Å²) >= 11 is 0. The third-order valence-electron chi connectivity index (χ3n) is 3.76. The van der Waals surface area contributed by atoms with E-state index >= 15 is 0 Å². The molecule has 1 unspecified atom stereocenters. The Balaban J connectivity index is 1.91. The molecule has 96 valence electrons. The van der Waals surface area contributed by atoms with Gasteiger partial charge in [0.05, 0.1) is 6.07 Å². The first-order valence-corrected chi connectivity index (χ1v) is 6.69. The van der Waals surface area contributed by atoms with Crippen molar-refractivity contribution in [2.24, 2.45) is 0 Å². The van der Waals surface area contributed by atoms with Gasteiger partial charge in [-0.15, -0.1) is 0 Å². The average Bonchev–Trinajstić information content (AvgIpc) is 2.48. The lowest BCUT2D eigenvalue weighted by Crippen LogP contribution is -2.49. The van der Waals surface area contributed by atoms with Gasteiger partial charge in [-0.1, -0.05) is 42.5 Å². The molecule has 0 spiro atoms. The SMILES string of the molecule is N#CC1CNCCN1Cc1cccc2ccccc12. The number of hydrogen-bond donors (Lipinski definition) is 1. The van der Waals surface area contributed by atoms with Crippen molar-refractivity contribution in [1.29, 1.82) is 5.26 Å². The summed E-state index contributed by atoms with van der Waals surface area (Å²) < 4.78 is 0. The molecule has 2 aromatic rings. The first-order chi connectivity index (χ1) is 9.38. The number of rotatable bonds is 2. The third-order valence-corrected chi connectivity index (χ3v) is 3.76. The number of fused-ring (bicyclic) bond motifs is 1. The van der Waals surface area contributed by atoms with Crippen LogP contribution in [-0.2, 0) is 6.54 Å². The molecule has 0 radical (unpaired) electrons. The van der Waals surface area contributed by atoms with Crippen molar-refractivity contribution in [2.45, 2.75) is 12.6 Å². The smallest absolute Gasteiger partial charge is 0.111 e. The molecule has 0 bridgehead atoms. The van der Waals surface area contributed by atoms with Gasteiger partial charge in [0, 0.05) is 26.2 Å². The summed E-state index contributed by atoms with van der Waals surface area (Å²) in [4.78, 5) is 2.26. The molecule has 19 heavy (non-hydrogen) atoms. The van der Waals surface area contributed by atoms with Crippen molar-refractivity contribution in [2.75, 3.05) is 19.6 Å². The molecule has 0 saturated carbocycles. The van der Waals surface area contributed by atoms with Crippen molar-refractivity contribution in [3.63, 3.8) is 0 Å². The second kappa shape index (κ2) is 5.40. The monoisotopic (exact) mass is 251 g/mol. The van der Waals surface area contributed by atoms with Crippen molar-refractivity contribution in [1.82, 2.24) is 10.2 Å². The van der Waals surface area contributed by atoms with E-state index in [1.807, 2.05) is 0 Å². The summed E-state index contributed by atoms with van der Waals surface area (Å²) in [5.41, 5.74) is 1.31. The predicted octanol–water partition coefficient (Wildman–Crippen LogP) is 2.14. The second-order valence-corrected chi connectivity index (χ2v) is 4.96. The van der Waals surface area contributed by atoms with Crippen molar-refractivity contribution >= 4 is 10.8 Å². The lowest BCUT2D eigenvalue weighted by molar-refractivity contribution is 0.190. The van der Waals surface area contributed by atoms with Crippen LogP contribution in [0, 0.1) is 11.3 Å². The fourth-order valence-electron chi connectivity index (χ4n) is 2.71. The molecule has 2 aromatic carbocycles. The third kappa shape index (κ3) is 2.46. The lowest BCUT2D eigenvalue weighted by atomic mass is 10.0. The molecule has 1 fully saturated rings. The minimum absolute atomic E-state index is 0.0206. The van der Waals surface area contributed by atoms with E-state index in [1.54, 1.807) is 0 Å². The molecule has 1 aliphatic rings. The van der Waals surface area contributed by atoms with Crippen LogP contribution in [0.25, 0.3) is 10.8 Å². The molecular weight excluding hydrogens is 234 g/mol. The molecule has 3 heteroatoms. The van der Waals surface area contributed by atoms with E-state index in [0.29, 0.717) is 0 Å². The maximum Gasteiger partial charge on any atom is 0.111 e. The van der Waals surface area contributed by atoms with Gasteiger partial charge in [-0.3, -0.25) is 4.90 Å². The van der Waals surface area contributed by atoms with E-state index in [1.165, 1.54) is 16.3 Å². The molecule has 0 amide bonds. The molecular formula is C16H17N3. The molecule has 0 aromatic heterocycles. The van der Waals surface area contributed by atoms with Crippen LogP contribution in [0.4, 0.5) is 0 Å². The van der Waals surface area contributed by atoms with Crippen molar-refractivity contribution in [3.05, 3.63) is 48.0 Å². The van der Waals surface area contributed by atoms with E-state index in [9.17, 15) is 5.26 Å². The molecule has 0 aliphatic carbocycles. The standard InChI is InChI=1S/C16H17N3/c17-10-15-11-18-8-9-19(15)12-14-6-3-5-13-4-1-2-7-16(13)14/h1-7,15,18H,8-9,11-12H2. The molecule has 1 aliphatic heterocycles. The largest absolute Gasteiger partial charge is 0.313 e. The minimum Gasteiger partial charge on any atom is -0.313 e. The zero-order valence-electron chi connectivity index (χ0n) is 10.8. The zero-order chi connectivity index (χ0) is 13.1. The van der Waals surface area contributed by atoms with Gasteiger partial charge < -0.3 is 5.32 Å². The van der Waals surface area contributed by atoms with E-state index in [2.05, 4.69) is 58.8 Å². The first kappa shape index (κ1) is 12.2. The quantitative estimate of drug-likeness (QED) is 0.888. The summed E-state index contributed by atoms with van der Waals surface area (Å²) in [5.74, 6) is 0. The number of benzene rings is 2. The Kier molecular flexibility index (Phi) is 3.45. The molecule has 1 heterocycles. The fraction of sp³-hybridized carbons (Fsp3) is 0.312. The molecule has 3 nitrogen and oxygen atoms in total. The Hall–Kier alpha value is -1.89. The highest BCUT2D eigenvalue weighted by atomic mass is 15.2. The summed E-state index contributed by atoms with van der Waals surface area (Å²) in [6.45, 7) is 3.51. The van der Waals surface area contributed by atoms with Gasteiger partial charge in [-0.25, -0.2) is 0 Å². The van der Waals surface area contributed by atoms with Crippen LogP contribution in [-0.4, -0.2) is 30.6 Å². The summed E-state index contributed by atoms with van der Waals surface area (Å²) in [6, 6.07) is 17.2. The Labute approximate surface area is 113 Å². The number of nitrogens with one attached hydrogen (secondary N) is 1. The van der Waals surface area contributed by atoms with Crippen LogP contribution in [0.5, 0.6) is 0 Å². The van der Waals surface area contributed by atoms with Gasteiger partial charge in [-0.05, 0) is 16.3 Å². The maximum absolute atomic E-state index is 9.22. The lowest BCUT2D eigenvalue weighted by Gasteiger charge is -2.32. The molecule has 1 N–H and O–H groups in total. The van der Waals surface area contributed by atoms with Gasteiger partial charge in [0.1, 0.15) is 6.04 Å². The normalized spacial score (nSPS) is 20.3. The maximum atomic E-state index is 9.22. The Morgan fingerprint density at radius 3 is 2.95 bits per heavy atom.